The van der Waals surface area contributed by atoms with Crippen LogP contribution in [0.3, 0.4) is 0 Å². The summed E-state index contributed by atoms with van der Waals surface area (Å²) < 4.78 is 61.6. The molecule has 1 unspecified atom stereocenters. The highest BCUT2D eigenvalue weighted by Crippen LogP contribution is 2.37. The molecule has 1 atom stereocenters. The van der Waals surface area contributed by atoms with Crippen molar-refractivity contribution in [2.24, 2.45) is 5.92 Å². The first-order chi connectivity index (χ1) is 23.5. The Bertz CT molecular complexity index is 1710. The monoisotopic (exact) mass is 725 g/mol. The Hall–Kier alpha value is -4.87. The third-order valence-corrected chi connectivity index (χ3v) is 9.49. The molecule has 6 rings (SSSR count). The molecule has 3 aromatic rings. The molecule has 50 heavy (non-hydrogen) atoms. The highest BCUT2D eigenvalue weighted by Gasteiger charge is 2.49. The van der Waals surface area contributed by atoms with Gasteiger partial charge in [0.05, 0.1) is 43.0 Å². The number of nitrogens with zero attached hydrogens (tertiary/aromatic N) is 2. The molecule has 2 aromatic carbocycles. The Labute approximate surface area is 286 Å². The molecule has 268 valence electrons. The molecule has 2 bridgehead atoms. The Balaban J connectivity index is 0.000000369. The number of piperidine rings is 3. The predicted molar refractivity (Wildman–Crippen MR) is 167 cm³/mol. The van der Waals surface area contributed by atoms with Gasteiger partial charge in [0, 0.05) is 18.8 Å². The van der Waals surface area contributed by atoms with Gasteiger partial charge in [-0.25, -0.2) is 27.2 Å². The van der Waals surface area contributed by atoms with Crippen molar-refractivity contribution < 1.29 is 71.2 Å². The van der Waals surface area contributed by atoms with E-state index in [0.717, 1.165) is 49.0 Å². The van der Waals surface area contributed by atoms with Crippen LogP contribution in [0.5, 0.6) is 0 Å². The van der Waals surface area contributed by atoms with Crippen LogP contribution in [0.25, 0.3) is 0 Å². The van der Waals surface area contributed by atoms with Crippen molar-refractivity contribution >= 4 is 46.8 Å². The number of benzene rings is 2. The summed E-state index contributed by atoms with van der Waals surface area (Å²) in [5.74, 6) is -9.83. The van der Waals surface area contributed by atoms with Gasteiger partial charge in [0.2, 0.25) is 5.78 Å². The summed E-state index contributed by atoms with van der Waals surface area (Å²) in [6.07, 6.45) is -1.97. The lowest BCUT2D eigenvalue weighted by molar-refractivity contribution is -0.938. The maximum Gasteiger partial charge on any atom is 0.415 e. The minimum atomic E-state index is -2.74. The zero-order valence-corrected chi connectivity index (χ0v) is 27.1. The number of carbonyl (C=O) groups is 5. The van der Waals surface area contributed by atoms with Crippen LogP contribution in [0, 0.1) is 29.2 Å². The minimum absolute atomic E-state index is 0.0171. The summed E-state index contributed by atoms with van der Waals surface area (Å²) in [4.78, 5) is 58.5. The Kier molecular flexibility index (Phi) is 12.0. The number of carboxylic acid groups (broad SMARTS) is 3. The maximum atomic E-state index is 14.0. The van der Waals surface area contributed by atoms with Crippen molar-refractivity contribution in [3.63, 3.8) is 0 Å². The number of aliphatic carboxylic acids is 3. The number of carboxylic acids is 3. The van der Waals surface area contributed by atoms with Crippen molar-refractivity contribution in [2.75, 3.05) is 31.1 Å². The molecule has 3 saturated heterocycles. The molecule has 3 aliphatic heterocycles. The van der Waals surface area contributed by atoms with Crippen molar-refractivity contribution in [2.45, 2.75) is 43.9 Å². The topological polar surface area (TPSA) is 179 Å². The van der Waals surface area contributed by atoms with Crippen LogP contribution >= 0.6 is 11.3 Å². The SMILES string of the molecule is O=C(C[N+]12CCC(CC1)C(OC(=O)N(Cc1cc(F)c(F)c(F)c1)c1cccc(F)c1)C2)c1cccs1.O=C(O)CC(O)(CC(=O)O)C(=O)O. The first-order valence-electron chi connectivity index (χ1n) is 15.2. The number of halogens is 4. The van der Waals surface area contributed by atoms with Gasteiger partial charge in [-0.2, -0.15) is 0 Å². The molecule has 12 nitrogen and oxygen atoms in total. The smallest absolute Gasteiger partial charge is 0.415 e. The fraction of sp³-hybridized carbons (Fsp3) is 0.364. The average Bonchev–Trinajstić information content (AvgIpc) is 3.58. The third-order valence-electron chi connectivity index (χ3n) is 8.58. The Morgan fingerprint density at radius 2 is 1.52 bits per heavy atom. The van der Waals surface area contributed by atoms with Gasteiger partial charge in [0.1, 0.15) is 18.9 Å². The van der Waals surface area contributed by atoms with E-state index in [-0.39, 0.29) is 29.5 Å². The molecular formula is C33H33F4N2O10S+. The van der Waals surface area contributed by atoms with Gasteiger partial charge in [-0.15, -0.1) is 11.3 Å². The van der Waals surface area contributed by atoms with Crippen molar-refractivity contribution in [1.29, 1.82) is 0 Å². The van der Waals surface area contributed by atoms with Crippen LogP contribution in [0.15, 0.2) is 53.9 Å². The van der Waals surface area contributed by atoms with Gasteiger partial charge >= 0.3 is 24.0 Å². The van der Waals surface area contributed by atoms with Crippen LogP contribution in [0.1, 0.15) is 40.9 Å². The number of hydrogen-bond donors (Lipinski definition) is 4. The molecular weight excluding hydrogens is 692 g/mol. The number of fused-ring (bicyclic) bond motifs is 3. The summed E-state index contributed by atoms with van der Waals surface area (Å²) >= 11 is 1.40. The first-order valence-corrected chi connectivity index (χ1v) is 16.1. The second kappa shape index (κ2) is 15.8. The summed E-state index contributed by atoms with van der Waals surface area (Å²) in [7, 11) is 0. The normalized spacial score (nSPS) is 19.5. The fourth-order valence-electron chi connectivity index (χ4n) is 6.09. The van der Waals surface area contributed by atoms with E-state index in [9.17, 15) is 41.5 Å². The van der Waals surface area contributed by atoms with E-state index in [1.54, 1.807) is 6.07 Å². The van der Waals surface area contributed by atoms with Gasteiger partial charge in [0.15, 0.2) is 29.2 Å². The standard InChI is InChI=1S/C27H25F4N2O3S.C6H8O7/c28-19-3-1-4-20(13-19)32(14-17-11-21(29)26(31)22(30)12-17)27(35)36-24-16-33(8-6-18(24)7-9-33)15-23(34)25-5-2-10-37-25;7-3(8)1-6(13,5(11)12)2-4(9)10/h1-5,10-13,18,24H,6-9,14-16H2;13H,1-2H2,(H,7,8)(H,9,10)(H,11,12)/q+1;. The molecule has 0 radical (unpaired) electrons. The summed E-state index contributed by atoms with van der Waals surface area (Å²) in [5, 5.41) is 35.7. The van der Waals surface area contributed by atoms with Gasteiger partial charge in [-0.3, -0.25) is 19.3 Å². The van der Waals surface area contributed by atoms with Crippen LogP contribution in [-0.4, -0.2) is 92.6 Å². The lowest BCUT2D eigenvalue weighted by Gasteiger charge is -2.51. The number of hydrogen-bond acceptors (Lipinski definition) is 8. The second-order valence-electron chi connectivity index (χ2n) is 12.2. The van der Waals surface area contributed by atoms with E-state index < -0.39 is 71.8 Å². The molecule has 4 N–H and O–H groups in total. The molecule has 1 amide bonds. The number of ether oxygens (including phenoxy) is 1. The minimum Gasteiger partial charge on any atom is -0.481 e. The fourth-order valence-corrected chi connectivity index (χ4v) is 6.75. The van der Waals surface area contributed by atoms with Gasteiger partial charge in [-0.1, -0.05) is 12.1 Å². The Morgan fingerprint density at radius 3 is 2.04 bits per heavy atom. The summed E-state index contributed by atoms with van der Waals surface area (Å²) in [6.45, 7) is 2.08. The van der Waals surface area contributed by atoms with E-state index in [0.29, 0.717) is 22.4 Å². The number of carbonyl (C=O) groups excluding carboxylic acids is 2. The third kappa shape index (κ3) is 9.42. The maximum absolute atomic E-state index is 14.0. The zero-order chi connectivity index (χ0) is 36.8. The van der Waals surface area contributed by atoms with E-state index >= 15 is 0 Å². The number of thiophene rings is 1. The van der Waals surface area contributed by atoms with Crippen LogP contribution < -0.4 is 4.90 Å². The van der Waals surface area contributed by atoms with E-state index in [2.05, 4.69) is 0 Å². The number of aliphatic hydroxyl groups is 1. The van der Waals surface area contributed by atoms with Crippen molar-refractivity contribution in [3.05, 3.63) is 87.6 Å². The van der Waals surface area contributed by atoms with Crippen molar-refractivity contribution in [1.82, 2.24) is 0 Å². The largest absolute Gasteiger partial charge is 0.481 e. The summed E-state index contributed by atoms with van der Waals surface area (Å²) in [6, 6.07) is 10.4. The van der Waals surface area contributed by atoms with Gasteiger partial charge in [-0.05, 0) is 47.3 Å². The summed E-state index contributed by atoms with van der Waals surface area (Å²) in [5.41, 5.74) is -2.62. The number of amides is 1. The molecule has 3 aliphatic rings. The number of anilines is 1. The Morgan fingerprint density at radius 1 is 0.900 bits per heavy atom. The lowest BCUT2D eigenvalue weighted by Crippen LogP contribution is -2.66. The molecule has 1 aromatic heterocycles. The van der Waals surface area contributed by atoms with Gasteiger partial charge < -0.3 is 29.6 Å². The number of Topliss-reactive ketones (excluding diaryl/α,β-unsaturated/α-hetero) is 1. The average molecular weight is 726 g/mol. The van der Waals surface area contributed by atoms with Crippen LogP contribution in [-0.2, 0) is 25.7 Å². The molecule has 17 heteroatoms. The lowest BCUT2D eigenvalue weighted by atomic mass is 9.83. The van der Waals surface area contributed by atoms with Crippen LogP contribution in [0.2, 0.25) is 0 Å². The molecule has 0 spiro atoms. The first kappa shape index (κ1) is 37.9. The van der Waals surface area contributed by atoms with E-state index in [4.69, 9.17) is 25.2 Å². The molecule has 0 saturated carbocycles. The van der Waals surface area contributed by atoms with E-state index in [1.165, 1.54) is 29.5 Å². The second-order valence-corrected chi connectivity index (χ2v) is 13.2. The van der Waals surface area contributed by atoms with Crippen molar-refractivity contribution in [3.8, 4) is 0 Å². The molecule has 4 heterocycles. The number of rotatable bonds is 12. The highest BCUT2D eigenvalue weighted by molar-refractivity contribution is 7.12. The van der Waals surface area contributed by atoms with E-state index in [1.807, 2.05) is 11.4 Å². The zero-order valence-electron chi connectivity index (χ0n) is 26.3. The van der Waals surface area contributed by atoms with Gasteiger partial charge in [0.25, 0.3) is 0 Å². The molecule has 3 fully saturated rings. The number of ketones is 1. The van der Waals surface area contributed by atoms with Crippen LogP contribution in [0.4, 0.5) is 28.0 Å². The number of quaternary nitrogens is 1. The quantitative estimate of drug-likeness (QED) is 0.0886. The highest BCUT2D eigenvalue weighted by atomic mass is 32.1. The molecule has 0 aliphatic carbocycles. The predicted octanol–water partition coefficient (Wildman–Crippen LogP) is 4.69.